The number of rotatable bonds is 9. The van der Waals surface area contributed by atoms with Crippen molar-refractivity contribution in [1.82, 2.24) is 4.90 Å². The second kappa shape index (κ2) is 11.2. The van der Waals surface area contributed by atoms with Crippen molar-refractivity contribution < 1.29 is 19.4 Å². The molecule has 0 atom stereocenters. The van der Waals surface area contributed by atoms with Crippen molar-refractivity contribution >= 4 is 33.4 Å². The van der Waals surface area contributed by atoms with E-state index in [0.29, 0.717) is 29.9 Å². The smallest absolute Gasteiger partial charge is 0.335 e. The Morgan fingerprint density at radius 2 is 1.53 bits per heavy atom. The number of hydrogen-bond acceptors (Lipinski definition) is 3. The molecule has 0 bridgehead atoms. The Hall–Kier alpha value is -4.64. The molecule has 5 rings (SSSR count). The van der Waals surface area contributed by atoms with Crippen LogP contribution in [0.25, 0.3) is 21.5 Å². The number of carbonyl (C=O) groups excluding carboxylic acids is 1. The average Bonchev–Trinajstić information content (AvgIpc) is 2.95. The van der Waals surface area contributed by atoms with Crippen molar-refractivity contribution in [1.29, 1.82) is 0 Å². The minimum absolute atomic E-state index is 0.0627. The van der Waals surface area contributed by atoms with Crippen molar-refractivity contribution in [2.45, 2.75) is 19.4 Å². The summed E-state index contributed by atoms with van der Waals surface area (Å²) in [4.78, 5) is 26.8. The summed E-state index contributed by atoms with van der Waals surface area (Å²) in [6.45, 7) is 0.928. The van der Waals surface area contributed by atoms with E-state index in [2.05, 4.69) is 24.3 Å². The molecule has 0 spiro atoms. The van der Waals surface area contributed by atoms with E-state index in [9.17, 15) is 14.7 Å². The number of carboxylic acid groups (broad SMARTS) is 1. The molecular formula is C33H29NO4. The van der Waals surface area contributed by atoms with E-state index in [0.717, 1.165) is 28.1 Å². The largest absolute Gasteiger partial charge is 0.488 e. The number of nitrogens with zero attached hydrogens (tertiary/aromatic N) is 1. The van der Waals surface area contributed by atoms with Crippen LogP contribution < -0.4 is 4.74 Å². The first-order valence-corrected chi connectivity index (χ1v) is 12.7. The summed E-state index contributed by atoms with van der Waals surface area (Å²) in [6, 6.07) is 33.2. The van der Waals surface area contributed by atoms with Crippen molar-refractivity contribution in [3.63, 3.8) is 0 Å². The third-order valence-corrected chi connectivity index (χ3v) is 6.84. The molecule has 0 aliphatic heterocycles. The predicted molar refractivity (Wildman–Crippen MR) is 151 cm³/mol. The summed E-state index contributed by atoms with van der Waals surface area (Å²) in [5.41, 5.74) is 2.99. The number of aromatic carboxylic acids is 1. The SMILES string of the molecule is CN(CCc1ccccc1)C(=O)Cc1cc(C(=O)O)cc2c(OCc3ccc4ccccc4c3)cccc12. The zero-order valence-electron chi connectivity index (χ0n) is 21.3. The number of fused-ring (bicyclic) bond motifs is 2. The first kappa shape index (κ1) is 25.0. The zero-order chi connectivity index (χ0) is 26.5. The van der Waals surface area contributed by atoms with Gasteiger partial charge in [0.1, 0.15) is 12.4 Å². The minimum atomic E-state index is -1.04. The fraction of sp³-hybridized carbons (Fsp3) is 0.152. The lowest BCUT2D eigenvalue weighted by Crippen LogP contribution is -2.30. The molecule has 0 unspecified atom stereocenters. The Labute approximate surface area is 221 Å². The van der Waals surface area contributed by atoms with Crippen molar-refractivity contribution in [2.75, 3.05) is 13.6 Å². The molecule has 0 radical (unpaired) electrons. The van der Waals surface area contributed by atoms with E-state index >= 15 is 0 Å². The van der Waals surface area contributed by atoms with Gasteiger partial charge in [0.05, 0.1) is 12.0 Å². The molecule has 5 nitrogen and oxygen atoms in total. The summed E-state index contributed by atoms with van der Waals surface area (Å²) >= 11 is 0. The molecule has 0 heterocycles. The molecule has 5 heteroatoms. The lowest BCUT2D eigenvalue weighted by molar-refractivity contribution is -0.129. The Kier molecular flexibility index (Phi) is 7.36. The van der Waals surface area contributed by atoms with Crippen LogP contribution in [-0.4, -0.2) is 35.5 Å². The Morgan fingerprint density at radius 1 is 0.763 bits per heavy atom. The van der Waals surface area contributed by atoms with E-state index in [1.165, 1.54) is 5.56 Å². The number of ether oxygens (including phenoxy) is 1. The molecule has 0 fully saturated rings. The number of carboxylic acids is 1. The third kappa shape index (κ3) is 5.68. The van der Waals surface area contributed by atoms with E-state index in [-0.39, 0.29) is 17.9 Å². The van der Waals surface area contributed by atoms with E-state index < -0.39 is 5.97 Å². The van der Waals surface area contributed by atoms with E-state index in [4.69, 9.17) is 4.74 Å². The Morgan fingerprint density at radius 3 is 2.32 bits per heavy atom. The second-order valence-electron chi connectivity index (χ2n) is 9.49. The third-order valence-electron chi connectivity index (χ3n) is 6.84. The van der Waals surface area contributed by atoms with Gasteiger partial charge in [-0.15, -0.1) is 0 Å². The summed E-state index contributed by atoms with van der Waals surface area (Å²) in [5, 5.41) is 13.6. The van der Waals surface area contributed by atoms with Gasteiger partial charge in [0.2, 0.25) is 5.91 Å². The van der Waals surface area contributed by atoms with Crippen molar-refractivity contribution in [3.05, 3.63) is 125 Å². The van der Waals surface area contributed by atoms with Gasteiger partial charge in [-0.2, -0.15) is 0 Å². The topological polar surface area (TPSA) is 66.8 Å². The highest BCUT2D eigenvalue weighted by Crippen LogP contribution is 2.31. The minimum Gasteiger partial charge on any atom is -0.488 e. The summed E-state index contributed by atoms with van der Waals surface area (Å²) < 4.78 is 6.20. The number of likely N-dealkylation sites (N-methyl/N-ethyl adjacent to an activating group) is 1. The van der Waals surface area contributed by atoms with Crippen LogP contribution in [0.2, 0.25) is 0 Å². The highest BCUT2D eigenvalue weighted by atomic mass is 16.5. The van der Waals surface area contributed by atoms with Gasteiger partial charge >= 0.3 is 5.97 Å². The molecule has 1 N–H and O–H groups in total. The van der Waals surface area contributed by atoms with Crippen LogP contribution in [0.1, 0.15) is 27.0 Å². The molecule has 5 aromatic rings. The molecule has 0 aliphatic carbocycles. The van der Waals surface area contributed by atoms with Crippen LogP contribution in [0.3, 0.4) is 0 Å². The van der Waals surface area contributed by atoms with Crippen LogP contribution in [0.4, 0.5) is 0 Å². The molecule has 0 saturated heterocycles. The monoisotopic (exact) mass is 503 g/mol. The molecule has 38 heavy (non-hydrogen) atoms. The Bertz CT molecular complexity index is 1610. The molecule has 190 valence electrons. The quantitative estimate of drug-likeness (QED) is 0.249. The number of carbonyl (C=O) groups is 2. The summed E-state index contributed by atoms with van der Waals surface area (Å²) in [6.07, 6.45) is 0.864. The van der Waals surface area contributed by atoms with Crippen molar-refractivity contribution in [2.24, 2.45) is 0 Å². The average molecular weight is 504 g/mol. The summed E-state index contributed by atoms with van der Waals surface area (Å²) in [7, 11) is 1.78. The predicted octanol–water partition coefficient (Wildman–Crippen LogP) is 6.51. The first-order valence-electron chi connectivity index (χ1n) is 12.7. The van der Waals surface area contributed by atoms with Crippen molar-refractivity contribution in [3.8, 4) is 5.75 Å². The number of benzene rings is 5. The van der Waals surface area contributed by atoms with Gasteiger partial charge in [0.15, 0.2) is 0 Å². The lowest BCUT2D eigenvalue weighted by Gasteiger charge is -2.19. The van der Waals surface area contributed by atoms with Crippen LogP contribution in [0.5, 0.6) is 5.75 Å². The van der Waals surface area contributed by atoms with E-state index in [1.807, 2.05) is 66.7 Å². The molecule has 0 saturated carbocycles. The van der Waals surface area contributed by atoms with Gasteiger partial charge in [-0.1, -0.05) is 78.9 Å². The summed E-state index contributed by atoms with van der Waals surface area (Å²) in [5.74, 6) is -0.514. The first-order chi connectivity index (χ1) is 18.5. The highest BCUT2D eigenvalue weighted by molar-refractivity contribution is 6.00. The fourth-order valence-electron chi connectivity index (χ4n) is 4.68. The van der Waals surface area contributed by atoms with Gasteiger partial charge in [-0.05, 0) is 63.5 Å². The maximum atomic E-state index is 13.1. The van der Waals surface area contributed by atoms with E-state index in [1.54, 1.807) is 24.1 Å². The van der Waals surface area contributed by atoms with Crippen LogP contribution in [0.15, 0.2) is 103 Å². The van der Waals surface area contributed by atoms with Crippen LogP contribution >= 0.6 is 0 Å². The van der Waals surface area contributed by atoms with Crippen LogP contribution in [0, 0.1) is 0 Å². The van der Waals surface area contributed by atoms with Gasteiger partial charge in [0, 0.05) is 19.0 Å². The maximum Gasteiger partial charge on any atom is 0.335 e. The molecular weight excluding hydrogens is 474 g/mol. The normalized spacial score (nSPS) is 11.0. The molecule has 0 aromatic heterocycles. The highest BCUT2D eigenvalue weighted by Gasteiger charge is 2.17. The van der Waals surface area contributed by atoms with Gasteiger partial charge in [-0.25, -0.2) is 4.79 Å². The standard InChI is InChI=1S/C33H29NO4/c1-34(17-16-23-8-3-2-4-9-23)32(35)21-27-19-28(33(36)37)20-30-29(27)12-7-13-31(30)38-22-24-14-15-25-10-5-6-11-26(25)18-24/h2-15,18-20H,16-17,21-22H2,1H3,(H,36,37). The molecule has 0 aliphatic rings. The maximum absolute atomic E-state index is 13.1. The number of hydrogen-bond donors (Lipinski definition) is 1. The lowest BCUT2D eigenvalue weighted by atomic mass is 9.97. The zero-order valence-corrected chi connectivity index (χ0v) is 21.3. The van der Waals surface area contributed by atoms with Crippen LogP contribution in [-0.2, 0) is 24.2 Å². The number of amides is 1. The van der Waals surface area contributed by atoms with Gasteiger partial charge in [-0.3, -0.25) is 4.79 Å². The molecule has 5 aromatic carbocycles. The van der Waals surface area contributed by atoms with Gasteiger partial charge in [0.25, 0.3) is 0 Å². The molecule has 1 amide bonds. The second-order valence-corrected chi connectivity index (χ2v) is 9.49. The fourth-order valence-corrected chi connectivity index (χ4v) is 4.68. The Balaban J connectivity index is 1.38. The van der Waals surface area contributed by atoms with Gasteiger partial charge < -0.3 is 14.7 Å².